The Labute approximate surface area is 242 Å². The van der Waals surface area contributed by atoms with Crippen LogP contribution in [0.1, 0.15) is 66.7 Å². The zero-order chi connectivity index (χ0) is 29.6. The Morgan fingerprint density at radius 2 is 1.98 bits per heavy atom. The van der Waals surface area contributed by atoms with Crippen LogP contribution in [-0.4, -0.2) is 39.5 Å². The quantitative estimate of drug-likeness (QED) is 0.279. The van der Waals surface area contributed by atoms with Gasteiger partial charge in [-0.2, -0.15) is 5.26 Å². The molecule has 1 aliphatic carbocycles. The zero-order valence-electron chi connectivity index (χ0n) is 23.4. The van der Waals surface area contributed by atoms with Crippen molar-refractivity contribution in [1.29, 1.82) is 5.26 Å². The molecule has 2 aromatic carbocycles. The number of pyridine rings is 2. The van der Waals surface area contributed by atoms with E-state index in [1.54, 1.807) is 62.5 Å². The average molecular weight is 563 g/mol. The predicted octanol–water partition coefficient (Wildman–Crippen LogP) is 4.72. The maximum atomic E-state index is 13.4. The van der Waals surface area contributed by atoms with E-state index in [2.05, 4.69) is 11.1 Å². The first-order valence-corrected chi connectivity index (χ1v) is 13.9. The Morgan fingerprint density at radius 1 is 1.21 bits per heavy atom. The van der Waals surface area contributed by atoms with Gasteiger partial charge in [-0.1, -0.05) is 18.2 Å². The number of ether oxygens (including phenoxy) is 2. The number of benzene rings is 2. The van der Waals surface area contributed by atoms with E-state index < -0.39 is 16.9 Å². The molecule has 42 heavy (non-hydrogen) atoms. The van der Waals surface area contributed by atoms with Gasteiger partial charge in [-0.3, -0.25) is 14.6 Å². The molecule has 1 saturated carbocycles. The van der Waals surface area contributed by atoms with E-state index in [9.17, 15) is 20.0 Å². The molecule has 0 radical (unpaired) electrons. The highest BCUT2D eigenvalue weighted by atomic mass is 16.5. The number of Topliss-reactive ketones (excluding diaryl/α,β-unsaturated/α-hetero) is 1. The van der Waals surface area contributed by atoms with E-state index in [1.807, 2.05) is 12.1 Å². The van der Waals surface area contributed by atoms with Crippen LogP contribution in [0.3, 0.4) is 0 Å². The van der Waals surface area contributed by atoms with Crippen LogP contribution >= 0.6 is 0 Å². The van der Waals surface area contributed by atoms with Crippen LogP contribution in [0.15, 0.2) is 60.8 Å². The number of aromatic nitrogens is 2. The molecule has 0 bridgehead atoms. The number of aliphatic hydroxyl groups is 1. The highest BCUT2D eigenvalue weighted by Gasteiger charge is 2.45. The molecular formula is C33H30N4O5. The van der Waals surface area contributed by atoms with Crippen molar-refractivity contribution in [3.63, 3.8) is 0 Å². The third-order valence-corrected chi connectivity index (χ3v) is 8.10. The van der Waals surface area contributed by atoms with Crippen molar-refractivity contribution in [1.82, 2.24) is 9.97 Å². The second-order valence-electron chi connectivity index (χ2n) is 11.5. The third kappa shape index (κ3) is 4.95. The minimum Gasteiger partial charge on any atom is -0.489 e. The van der Waals surface area contributed by atoms with E-state index >= 15 is 0 Å². The monoisotopic (exact) mass is 562 g/mol. The minimum atomic E-state index is -1.53. The summed E-state index contributed by atoms with van der Waals surface area (Å²) in [4.78, 5) is 35.1. The Kier molecular flexibility index (Phi) is 6.66. The molecule has 2 aromatic heterocycles. The van der Waals surface area contributed by atoms with Crippen molar-refractivity contribution < 1.29 is 24.2 Å². The summed E-state index contributed by atoms with van der Waals surface area (Å²) in [6, 6.07) is 17.8. The van der Waals surface area contributed by atoms with Crippen molar-refractivity contribution in [2.45, 2.75) is 56.7 Å². The highest BCUT2D eigenvalue weighted by molar-refractivity contribution is 6.01. The molecule has 1 amide bonds. The smallest absolute Gasteiger partial charge is 0.231 e. The first-order chi connectivity index (χ1) is 20.1. The number of rotatable bonds is 9. The summed E-state index contributed by atoms with van der Waals surface area (Å²) < 4.78 is 12.0. The topological polar surface area (TPSA) is 148 Å². The van der Waals surface area contributed by atoms with E-state index in [0.717, 1.165) is 18.2 Å². The lowest BCUT2D eigenvalue weighted by molar-refractivity contribution is -0.123. The molecule has 6 rings (SSSR count). The van der Waals surface area contributed by atoms with Gasteiger partial charge in [-0.15, -0.1) is 0 Å². The molecule has 1 fully saturated rings. The first kappa shape index (κ1) is 27.4. The molecule has 9 nitrogen and oxygen atoms in total. The highest BCUT2D eigenvalue weighted by Crippen LogP contribution is 2.46. The summed E-state index contributed by atoms with van der Waals surface area (Å²) in [5, 5.41) is 21.7. The van der Waals surface area contributed by atoms with Crippen molar-refractivity contribution in [2.24, 2.45) is 5.73 Å². The van der Waals surface area contributed by atoms with Crippen molar-refractivity contribution in [2.75, 3.05) is 6.61 Å². The number of nitriles is 1. The number of amides is 1. The van der Waals surface area contributed by atoms with Crippen LogP contribution in [0, 0.1) is 11.3 Å². The number of carbonyl (C=O) groups is 2. The summed E-state index contributed by atoms with van der Waals surface area (Å²) in [6.45, 7) is 3.33. The largest absolute Gasteiger partial charge is 0.489 e. The van der Waals surface area contributed by atoms with Crippen LogP contribution in [0.25, 0.3) is 22.2 Å². The molecule has 2 aliphatic rings. The number of fused-ring (bicyclic) bond motifs is 2. The van der Waals surface area contributed by atoms with E-state index in [4.69, 9.17) is 20.2 Å². The van der Waals surface area contributed by atoms with Gasteiger partial charge in [0, 0.05) is 34.7 Å². The fraction of sp³-hybridized carbons (Fsp3) is 0.303. The van der Waals surface area contributed by atoms with Gasteiger partial charge in [0.25, 0.3) is 0 Å². The van der Waals surface area contributed by atoms with Gasteiger partial charge < -0.3 is 20.3 Å². The number of nitrogens with two attached hydrogens (primary N) is 1. The maximum Gasteiger partial charge on any atom is 0.231 e. The number of hydrogen-bond donors (Lipinski definition) is 2. The fourth-order valence-corrected chi connectivity index (χ4v) is 5.17. The van der Waals surface area contributed by atoms with Gasteiger partial charge >= 0.3 is 0 Å². The molecule has 4 aromatic rings. The molecule has 212 valence electrons. The molecule has 1 aliphatic heterocycles. The zero-order valence-corrected chi connectivity index (χ0v) is 23.4. The van der Waals surface area contributed by atoms with Gasteiger partial charge in [0.1, 0.15) is 40.3 Å². The lowest BCUT2D eigenvalue weighted by atomic mass is 9.81. The number of primary amides is 1. The number of ketones is 1. The maximum absolute atomic E-state index is 13.4. The Balaban J connectivity index is 1.32. The summed E-state index contributed by atoms with van der Waals surface area (Å²) >= 11 is 0. The molecule has 3 heterocycles. The second-order valence-corrected chi connectivity index (χ2v) is 11.5. The number of carbonyl (C=O) groups excluding carboxylic acids is 2. The van der Waals surface area contributed by atoms with Crippen molar-refractivity contribution >= 4 is 22.6 Å². The second kappa shape index (κ2) is 10.2. The summed E-state index contributed by atoms with van der Waals surface area (Å²) in [5.74, 6) is 0.280. The lowest BCUT2D eigenvalue weighted by Crippen LogP contribution is -2.40. The molecular weight excluding hydrogens is 532 g/mol. The molecule has 9 heteroatoms. The number of nitrogens with zero attached hydrogens (tertiary/aromatic N) is 3. The predicted molar refractivity (Wildman–Crippen MR) is 155 cm³/mol. The van der Waals surface area contributed by atoms with Gasteiger partial charge in [-0.05, 0) is 69.5 Å². The van der Waals surface area contributed by atoms with Crippen LogP contribution in [0.2, 0.25) is 0 Å². The SMILES string of the molecule is C[C@@](O)(CCC(=O)c1cc(OC2CC2)c2ncccc2c1)c1cc2c(c(-c3ccc(C#N)cc3)n1)OC[C@]2(C)C(N)=O. The first-order valence-electron chi connectivity index (χ1n) is 13.9. The lowest BCUT2D eigenvalue weighted by Gasteiger charge is -2.26. The van der Waals surface area contributed by atoms with Gasteiger partial charge in [0.2, 0.25) is 5.91 Å². The summed E-state index contributed by atoms with van der Waals surface area (Å²) in [7, 11) is 0. The number of hydrogen-bond acceptors (Lipinski definition) is 8. The standard InChI is InChI=1S/C33H30N4O5/c1-32(31(35)39)18-41-30-24(32)16-27(37-29(30)20-7-5-19(17-34)6-8-20)33(2,40)12-11-25(38)22-14-21-4-3-13-36-28(21)26(15-22)42-23-9-10-23/h3-8,13-16,23,40H,9-12,18H2,1-2H3,(H2,35,39)/t32-,33+/m0/s1. The van der Waals surface area contributed by atoms with E-state index in [0.29, 0.717) is 45.0 Å². The van der Waals surface area contributed by atoms with Gasteiger partial charge in [-0.25, -0.2) is 4.98 Å². The summed E-state index contributed by atoms with van der Waals surface area (Å²) in [6.07, 6.45) is 3.91. The molecule has 3 N–H and O–H groups in total. The van der Waals surface area contributed by atoms with Crippen molar-refractivity contribution in [3.8, 4) is 28.8 Å². The summed E-state index contributed by atoms with van der Waals surface area (Å²) in [5.41, 5.74) is 6.69. The Bertz CT molecular complexity index is 1770. The fourth-order valence-electron chi connectivity index (χ4n) is 5.17. The van der Waals surface area contributed by atoms with Gasteiger partial charge in [0.05, 0.1) is 23.4 Å². The molecule has 0 spiro atoms. The molecule has 0 saturated heterocycles. The third-order valence-electron chi connectivity index (χ3n) is 8.10. The average Bonchev–Trinajstić information content (AvgIpc) is 3.75. The van der Waals surface area contributed by atoms with Crippen LogP contribution in [0.5, 0.6) is 11.5 Å². The van der Waals surface area contributed by atoms with E-state index in [1.165, 1.54) is 0 Å². The minimum absolute atomic E-state index is 0.0365. The van der Waals surface area contributed by atoms with E-state index in [-0.39, 0.29) is 37.0 Å². The van der Waals surface area contributed by atoms with Crippen LogP contribution < -0.4 is 15.2 Å². The Hall–Kier alpha value is -4.81. The van der Waals surface area contributed by atoms with Gasteiger partial charge in [0.15, 0.2) is 5.78 Å². The molecule has 2 atom stereocenters. The normalized spacial score (nSPS) is 18.9. The molecule has 0 unspecified atom stereocenters. The van der Waals surface area contributed by atoms with Crippen LogP contribution in [-0.2, 0) is 15.8 Å². The van der Waals surface area contributed by atoms with Crippen LogP contribution in [0.4, 0.5) is 0 Å². The van der Waals surface area contributed by atoms with Crippen molar-refractivity contribution in [3.05, 3.63) is 83.2 Å². The Morgan fingerprint density at radius 3 is 2.67 bits per heavy atom.